The zero-order chi connectivity index (χ0) is 22.7. The smallest absolute Gasteiger partial charge is 0.371 e. The van der Waals surface area contributed by atoms with Crippen LogP contribution in [-0.4, -0.2) is 67.0 Å². The summed E-state index contributed by atoms with van der Waals surface area (Å²) in [6, 6.07) is 3.18. The Labute approximate surface area is 185 Å². The number of aromatic nitrogens is 5. The van der Waals surface area contributed by atoms with Gasteiger partial charge in [0.15, 0.2) is 0 Å². The summed E-state index contributed by atoms with van der Waals surface area (Å²) < 4.78 is 46.7. The fourth-order valence-electron chi connectivity index (χ4n) is 4.78. The number of ether oxygens (including phenoxy) is 1. The molecule has 8 nitrogen and oxygen atoms in total. The molecule has 33 heavy (non-hydrogen) atoms. The van der Waals surface area contributed by atoms with Gasteiger partial charge in [-0.1, -0.05) is 0 Å². The molecule has 2 fully saturated rings. The largest absolute Gasteiger partial charge is 0.408 e. The van der Waals surface area contributed by atoms with Crippen molar-refractivity contribution in [2.24, 2.45) is 0 Å². The highest BCUT2D eigenvalue weighted by atomic mass is 19.4. The molecule has 11 heteroatoms. The SMILES string of the molecule is O=C(c1cc2c(cn1)c(-c1c[nH]c3ccncc13)nn2CC(F)(F)F)N1CC2CCC(C1)O2. The molecule has 1 N–H and O–H groups in total. The quantitative estimate of drug-likeness (QED) is 0.510. The Hall–Kier alpha value is -3.47. The van der Waals surface area contributed by atoms with Crippen molar-refractivity contribution in [3.05, 3.63) is 42.6 Å². The number of hydrogen-bond donors (Lipinski definition) is 1. The van der Waals surface area contributed by atoms with Crippen LogP contribution in [0.15, 0.2) is 36.9 Å². The van der Waals surface area contributed by atoms with Crippen LogP contribution in [0.4, 0.5) is 13.2 Å². The summed E-state index contributed by atoms with van der Waals surface area (Å²) in [4.78, 5) is 26.3. The lowest BCUT2D eigenvalue weighted by atomic mass is 10.1. The molecule has 6 heterocycles. The number of nitrogens with zero attached hydrogens (tertiary/aromatic N) is 5. The third-order valence-electron chi connectivity index (χ3n) is 6.25. The Morgan fingerprint density at radius 2 is 1.97 bits per heavy atom. The van der Waals surface area contributed by atoms with Crippen LogP contribution in [-0.2, 0) is 11.3 Å². The molecular weight excluding hydrogens is 437 g/mol. The maximum absolute atomic E-state index is 13.3. The number of amides is 1. The van der Waals surface area contributed by atoms with Gasteiger partial charge >= 0.3 is 6.18 Å². The van der Waals surface area contributed by atoms with Gasteiger partial charge in [-0.25, -0.2) is 0 Å². The summed E-state index contributed by atoms with van der Waals surface area (Å²) in [5.41, 5.74) is 2.06. The fraction of sp³-hybridized carbons (Fsp3) is 0.364. The van der Waals surface area contributed by atoms with Crippen molar-refractivity contribution in [3.8, 4) is 11.3 Å². The Kier molecular flexibility index (Phi) is 4.44. The number of halogens is 3. The normalized spacial score (nSPS) is 20.8. The summed E-state index contributed by atoms with van der Waals surface area (Å²) in [6.45, 7) is -0.349. The van der Waals surface area contributed by atoms with Crippen LogP contribution in [0.5, 0.6) is 0 Å². The van der Waals surface area contributed by atoms with Crippen LogP contribution in [0, 0.1) is 0 Å². The summed E-state index contributed by atoms with van der Waals surface area (Å²) in [7, 11) is 0. The van der Waals surface area contributed by atoms with E-state index in [1.807, 2.05) is 0 Å². The molecule has 0 radical (unpaired) electrons. The lowest BCUT2D eigenvalue weighted by molar-refractivity contribution is -0.141. The third kappa shape index (κ3) is 3.52. The van der Waals surface area contributed by atoms with Gasteiger partial charge in [0.1, 0.15) is 17.9 Å². The number of likely N-dealkylation sites (tertiary alicyclic amines) is 1. The van der Waals surface area contributed by atoms with Crippen LogP contribution in [0.25, 0.3) is 33.1 Å². The summed E-state index contributed by atoms with van der Waals surface area (Å²) in [5, 5.41) is 5.45. The molecular formula is C22H19F3N6O2. The van der Waals surface area contributed by atoms with Gasteiger partial charge in [0.05, 0.1) is 17.7 Å². The zero-order valence-electron chi connectivity index (χ0n) is 17.3. The molecule has 6 rings (SSSR count). The van der Waals surface area contributed by atoms with Crippen molar-refractivity contribution in [1.82, 2.24) is 29.6 Å². The third-order valence-corrected chi connectivity index (χ3v) is 6.25. The molecule has 1 amide bonds. The van der Waals surface area contributed by atoms with Crippen molar-refractivity contribution in [2.45, 2.75) is 37.8 Å². The van der Waals surface area contributed by atoms with Crippen molar-refractivity contribution < 1.29 is 22.7 Å². The maximum Gasteiger partial charge on any atom is 0.408 e. The topological polar surface area (TPSA) is 88.9 Å². The molecule has 4 aromatic rings. The summed E-state index contributed by atoms with van der Waals surface area (Å²) in [6.07, 6.45) is 3.73. The number of carbonyl (C=O) groups excluding carboxylic acids is 1. The number of pyridine rings is 2. The van der Waals surface area contributed by atoms with Crippen LogP contribution >= 0.6 is 0 Å². The molecule has 0 saturated carbocycles. The van der Waals surface area contributed by atoms with Crippen molar-refractivity contribution >= 4 is 27.7 Å². The zero-order valence-corrected chi connectivity index (χ0v) is 17.3. The van der Waals surface area contributed by atoms with Crippen LogP contribution in [0.1, 0.15) is 23.3 Å². The molecule has 2 bridgehead atoms. The minimum absolute atomic E-state index is 0.00859. The average Bonchev–Trinajstić information content (AvgIpc) is 3.47. The Bertz CT molecular complexity index is 1370. The minimum Gasteiger partial charge on any atom is -0.371 e. The average molecular weight is 456 g/mol. The minimum atomic E-state index is -4.48. The fourth-order valence-corrected chi connectivity index (χ4v) is 4.78. The van der Waals surface area contributed by atoms with E-state index in [0.717, 1.165) is 28.4 Å². The first-order valence-electron chi connectivity index (χ1n) is 10.7. The van der Waals surface area contributed by atoms with E-state index in [4.69, 9.17) is 4.74 Å². The highest BCUT2D eigenvalue weighted by Crippen LogP contribution is 2.34. The molecule has 2 atom stereocenters. The predicted molar refractivity (Wildman–Crippen MR) is 112 cm³/mol. The first-order valence-corrected chi connectivity index (χ1v) is 10.7. The number of carbonyl (C=O) groups is 1. The van der Waals surface area contributed by atoms with Gasteiger partial charge in [0.25, 0.3) is 5.91 Å². The van der Waals surface area contributed by atoms with Gasteiger partial charge in [0.2, 0.25) is 0 Å². The summed E-state index contributed by atoms with van der Waals surface area (Å²) in [5.74, 6) is -0.310. The Balaban J connectivity index is 1.45. The van der Waals surface area contributed by atoms with Crippen molar-refractivity contribution in [3.63, 3.8) is 0 Å². The van der Waals surface area contributed by atoms with Crippen LogP contribution in [0.3, 0.4) is 0 Å². The van der Waals surface area contributed by atoms with E-state index in [2.05, 4.69) is 20.1 Å². The van der Waals surface area contributed by atoms with E-state index in [-0.39, 0.29) is 29.3 Å². The van der Waals surface area contributed by atoms with Crippen LogP contribution < -0.4 is 0 Å². The molecule has 170 valence electrons. The molecule has 2 aliphatic rings. The van der Waals surface area contributed by atoms with Crippen molar-refractivity contribution in [2.75, 3.05) is 13.1 Å². The molecule has 0 aliphatic carbocycles. The molecule has 0 aromatic carbocycles. The van der Waals surface area contributed by atoms with E-state index in [9.17, 15) is 18.0 Å². The number of hydrogen-bond acceptors (Lipinski definition) is 5. The number of rotatable bonds is 3. The van der Waals surface area contributed by atoms with E-state index in [0.29, 0.717) is 29.7 Å². The number of fused-ring (bicyclic) bond motifs is 4. The highest BCUT2D eigenvalue weighted by molar-refractivity contribution is 6.04. The molecule has 2 unspecified atom stereocenters. The predicted octanol–water partition coefficient (Wildman–Crippen LogP) is 3.54. The van der Waals surface area contributed by atoms with E-state index in [1.54, 1.807) is 29.6 Å². The van der Waals surface area contributed by atoms with Gasteiger partial charge in [-0.15, -0.1) is 0 Å². The lowest BCUT2D eigenvalue weighted by Gasteiger charge is -2.31. The number of aromatic amines is 1. The summed E-state index contributed by atoms with van der Waals surface area (Å²) >= 11 is 0. The monoisotopic (exact) mass is 456 g/mol. The highest BCUT2D eigenvalue weighted by Gasteiger charge is 2.37. The van der Waals surface area contributed by atoms with E-state index < -0.39 is 12.7 Å². The first kappa shape index (κ1) is 20.2. The van der Waals surface area contributed by atoms with Gasteiger partial charge < -0.3 is 14.6 Å². The standard InChI is InChI=1S/C22H19F3N6O2/c23-22(24,25)11-31-19-5-18(21(32)30-9-12-1-2-13(10-30)33-12)28-8-16(19)20(29-31)15-7-27-17-3-4-26-6-14(15)17/h3-8,12-13,27H,1-2,9-11H2. The maximum atomic E-state index is 13.3. The molecule has 2 aliphatic heterocycles. The second-order valence-corrected chi connectivity index (χ2v) is 8.50. The van der Waals surface area contributed by atoms with Crippen LogP contribution in [0.2, 0.25) is 0 Å². The van der Waals surface area contributed by atoms with Crippen molar-refractivity contribution in [1.29, 1.82) is 0 Å². The number of nitrogens with one attached hydrogen (secondary N) is 1. The Morgan fingerprint density at radius 3 is 2.73 bits per heavy atom. The number of morpholine rings is 1. The number of alkyl halides is 3. The Morgan fingerprint density at radius 1 is 1.18 bits per heavy atom. The molecule has 0 spiro atoms. The van der Waals surface area contributed by atoms with E-state index >= 15 is 0 Å². The second kappa shape index (κ2) is 7.27. The second-order valence-electron chi connectivity index (χ2n) is 8.50. The first-order chi connectivity index (χ1) is 15.9. The molecule has 4 aromatic heterocycles. The van der Waals surface area contributed by atoms with Gasteiger partial charge in [0, 0.05) is 59.7 Å². The van der Waals surface area contributed by atoms with E-state index in [1.165, 1.54) is 12.3 Å². The molecule has 2 saturated heterocycles. The van der Waals surface area contributed by atoms with Gasteiger partial charge in [-0.3, -0.25) is 19.4 Å². The van der Waals surface area contributed by atoms with Gasteiger partial charge in [-0.05, 0) is 25.0 Å². The number of H-pyrrole nitrogens is 1. The van der Waals surface area contributed by atoms with Gasteiger partial charge in [-0.2, -0.15) is 18.3 Å². The lowest BCUT2D eigenvalue weighted by Crippen LogP contribution is -2.46.